The molecule has 1 aromatic carbocycles. The Bertz CT molecular complexity index is 448. The Morgan fingerprint density at radius 3 is 2.84 bits per heavy atom. The van der Waals surface area contributed by atoms with Crippen LogP contribution < -0.4 is 5.32 Å². The van der Waals surface area contributed by atoms with Gasteiger partial charge in [0.1, 0.15) is 6.61 Å². The summed E-state index contributed by atoms with van der Waals surface area (Å²) in [6.45, 7) is 5.99. The molecule has 0 aliphatic heterocycles. The standard InChI is InChI=1S/C16H23NO2/c1-16(2,3)19-11-15(18)17-14-10-6-8-12-7-4-5-9-13(12)14/h4-5,7,9,14H,6,8,10-11H2,1-3H3,(H,17,18). The summed E-state index contributed by atoms with van der Waals surface area (Å²) < 4.78 is 5.51. The molecule has 0 aromatic heterocycles. The summed E-state index contributed by atoms with van der Waals surface area (Å²) in [6.07, 6.45) is 3.25. The molecule has 0 fully saturated rings. The summed E-state index contributed by atoms with van der Waals surface area (Å²) in [4.78, 5) is 11.9. The predicted octanol–water partition coefficient (Wildman–Crippen LogP) is 3.00. The number of nitrogens with one attached hydrogen (secondary N) is 1. The number of aryl methyl sites for hydroxylation is 1. The van der Waals surface area contributed by atoms with Gasteiger partial charge in [0.25, 0.3) is 0 Å². The monoisotopic (exact) mass is 261 g/mol. The number of amides is 1. The van der Waals surface area contributed by atoms with Crippen molar-refractivity contribution in [2.45, 2.75) is 51.7 Å². The fraction of sp³-hybridized carbons (Fsp3) is 0.562. The molecule has 0 saturated heterocycles. The highest BCUT2D eigenvalue weighted by Crippen LogP contribution is 2.29. The van der Waals surface area contributed by atoms with Gasteiger partial charge in [-0.3, -0.25) is 4.79 Å². The third-order valence-corrected chi connectivity index (χ3v) is 3.34. The van der Waals surface area contributed by atoms with Crippen molar-refractivity contribution in [3.63, 3.8) is 0 Å². The highest BCUT2D eigenvalue weighted by Gasteiger charge is 2.22. The van der Waals surface area contributed by atoms with Crippen LogP contribution in [0.4, 0.5) is 0 Å². The first kappa shape index (κ1) is 14.1. The van der Waals surface area contributed by atoms with Gasteiger partial charge in [0.15, 0.2) is 0 Å². The molecule has 0 radical (unpaired) electrons. The molecule has 0 spiro atoms. The summed E-state index contributed by atoms with van der Waals surface area (Å²) in [5.41, 5.74) is 2.34. The van der Waals surface area contributed by atoms with E-state index in [1.807, 2.05) is 26.8 Å². The highest BCUT2D eigenvalue weighted by molar-refractivity contribution is 5.77. The number of benzene rings is 1. The van der Waals surface area contributed by atoms with Crippen molar-refractivity contribution in [3.05, 3.63) is 35.4 Å². The third-order valence-electron chi connectivity index (χ3n) is 3.34. The lowest BCUT2D eigenvalue weighted by atomic mass is 9.88. The largest absolute Gasteiger partial charge is 0.366 e. The molecular weight excluding hydrogens is 238 g/mol. The number of hydrogen-bond acceptors (Lipinski definition) is 2. The van der Waals surface area contributed by atoms with Crippen LogP contribution in [0.1, 0.15) is 50.8 Å². The Balaban J connectivity index is 1.95. The maximum absolute atomic E-state index is 11.9. The van der Waals surface area contributed by atoms with Gasteiger partial charge in [-0.05, 0) is 51.2 Å². The first-order valence-electron chi connectivity index (χ1n) is 6.97. The number of carbonyl (C=O) groups excluding carboxylic acids is 1. The molecule has 1 amide bonds. The van der Waals surface area contributed by atoms with E-state index in [0.717, 1.165) is 19.3 Å². The number of ether oxygens (including phenoxy) is 1. The van der Waals surface area contributed by atoms with E-state index >= 15 is 0 Å². The van der Waals surface area contributed by atoms with Crippen LogP contribution in [0, 0.1) is 0 Å². The van der Waals surface area contributed by atoms with Gasteiger partial charge in [-0.15, -0.1) is 0 Å². The average Bonchev–Trinajstić information content (AvgIpc) is 2.36. The topological polar surface area (TPSA) is 38.3 Å². The SMILES string of the molecule is CC(C)(C)OCC(=O)NC1CCCc2ccccc21. The number of rotatable bonds is 3. The van der Waals surface area contributed by atoms with Crippen LogP contribution in [0.25, 0.3) is 0 Å². The average molecular weight is 261 g/mol. The Morgan fingerprint density at radius 2 is 2.11 bits per heavy atom. The van der Waals surface area contributed by atoms with Crippen LogP contribution in [0.3, 0.4) is 0 Å². The molecule has 104 valence electrons. The summed E-state index contributed by atoms with van der Waals surface area (Å²) in [6, 6.07) is 8.50. The van der Waals surface area contributed by atoms with Crippen molar-refractivity contribution in [1.82, 2.24) is 5.32 Å². The van der Waals surface area contributed by atoms with E-state index in [0.29, 0.717) is 0 Å². The highest BCUT2D eigenvalue weighted by atomic mass is 16.5. The van der Waals surface area contributed by atoms with Gasteiger partial charge in [-0.25, -0.2) is 0 Å². The second kappa shape index (κ2) is 5.74. The van der Waals surface area contributed by atoms with Crippen molar-refractivity contribution >= 4 is 5.91 Å². The van der Waals surface area contributed by atoms with E-state index in [2.05, 4.69) is 23.5 Å². The zero-order chi connectivity index (χ0) is 13.9. The van der Waals surface area contributed by atoms with Crippen LogP contribution in [0.5, 0.6) is 0 Å². The normalized spacial score (nSPS) is 18.8. The Kier molecular flexibility index (Phi) is 4.25. The molecule has 1 aliphatic carbocycles. The van der Waals surface area contributed by atoms with Crippen LogP contribution in [-0.2, 0) is 16.0 Å². The third kappa shape index (κ3) is 4.06. The van der Waals surface area contributed by atoms with Gasteiger partial charge in [-0.1, -0.05) is 24.3 Å². The fourth-order valence-corrected chi connectivity index (χ4v) is 2.42. The molecule has 1 unspecified atom stereocenters. The molecule has 1 N–H and O–H groups in total. The summed E-state index contributed by atoms with van der Waals surface area (Å²) >= 11 is 0. The second-order valence-corrected chi connectivity index (χ2v) is 6.11. The zero-order valence-corrected chi connectivity index (χ0v) is 12.0. The van der Waals surface area contributed by atoms with E-state index in [4.69, 9.17) is 4.74 Å². The van der Waals surface area contributed by atoms with Gasteiger partial charge >= 0.3 is 0 Å². The van der Waals surface area contributed by atoms with E-state index in [1.165, 1.54) is 11.1 Å². The summed E-state index contributed by atoms with van der Waals surface area (Å²) in [5.74, 6) is -0.0309. The van der Waals surface area contributed by atoms with Crippen molar-refractivity contribution in [2.75, 3.05) is 6.61 Å². The molecule has 1 atom stereocenters. The van der Waals surface area contributed by atoms with Gasteiger partial charge in [0.2, 0.25) is 5.91 Å². The Labute approximate surface area is 115 Å². The van der Waals surface area contributed by atoms with Crippen LogP contribution in [0.2, 0.25) is 0 Å². The minimum atomic E-state index is -0.276. The Morgan fingerprint density at radius 1 is 1.37 bits per heavy atom. The molecular formula is C16H23NO2. The molecule has 1 aromatic rings. The van der Waals surface area contributed by atoms with Gasteiger partial charge in [-0.2, -0.15) is 0 Å². The van der Waals surface area contributed by atoms with Crippen LogP contribution >= 0.6 is 0 Å². The van der Waals surface area contributed by atoms with E-state index in [1.54, 1.807) is 0 Å². The molecule has 0 bridgehead atoms. The molecule has 0 saturated carbocycles. The molecule has 1 aliphatic rings. The maximum Gasteiger partial charge on any atom is 0.246 e. The van der Waals surface area contributed by atoms with Gasteiger partial charge in [0.05, 0.1) is 11.6 Å². The zero-order valence-electron chi connectivity index (χ0n) is 12.0. The quantitative estimate of drug-likeness (QED) is 0.908. The van der Waals surface area contributed by atoms with E-state index in [-0.39, 0.29) is 24.2 Å². The molecule has 2 rings (SSSR count). The molecule has 19 heavy (non-hydrogen) atoms. The number of carbonyl (C=O) groups is 1. The maximum atomic E-state index is 11.9. The van der Waals surface area contributed by atoms with Gasteiger partial charge in [0, 0.05) is 0 Å². The van der Waals surface area contributed by atoms with E-state index in [9.17, 15) is 4.79 Å². The smallest absolute Gasteiger partial charge is 0.246 e. The van der Waals surface area contributed by atoms with E-state index < -0.39 is 0 Å². The predicted molar refractivity (Wildman–Crippen MR) is 76.0 cm³/mol. The second-order valence-electron chi connectivity index (χ2n) is 6.11. The van der Waals surface area contributed by atoms with Crippen molar-refractivity contribution in [2.24, 2.45) is 0 Å². The minimum absolute atomic E-state index is 0.0309. The minimum Gasteiger partial charge on any atom is -0.366 e. The van der Waals surface area contributed by atoms with Crippen LogP contribution in [-0.4, -0.2) is 18.1 Å². The lowest BCUT2D eigenvalue weighted by molar-refractivity contribution is -0.131. The number of hydrogen-bond donors (Lipinski definition) is 1. The Hall–Kier alpha value is -1.35. The van der Waals surface area contributed by atoms with Gasteiger partial charge < -0.3 is 10.1 Å². The van der Waals surface area contributed by atoms with Crippen molar-refractivity contribution < 1.29 is 9.53 Å². The fourth-order valence-electron chi connectivity index (χ4n) is 2.42. The molecule has 3 nitrogen and oxygen atoms in total. The molecule has 0 heterocycles. The molecule has 3 heteroatoms. The van der Waals surface area contributed by atoms with Crippen LogP contribution in [0.15, 0.2) is 24.3 Å². The summed E-state index contributed by atoms with van der Waals surface area (Å²) in [5, 5.41) is 3.08. The lowest BCUT2D eigenvalue weighted by Gasteiger charge is -2.27. The summed E-state index contributed by atoms with van der Waals surface area (Å²) in [7, 11) is 0. The van der Waals surface area contributed by atoms with Crippen molar-refractivity contribution in [3.8, 4) is 0 Å². The lowest BCUT2D eigenvalue weighted by Crippen LogP contribution is -2.35. The first-order chi connectivity index (χ1) is 8.96. The first-order valence-corrected chi connectivity index (χ1v) is 6.97. The van der Waals surface area contributed by atoms with Crippen molar-refractivity contribution in [1.29, 1.82) is 0 Å². The number of fused-ring (bicyclic) bond motifs is 1.